The summed E-state index contributed by atoms with van der Waals surface area (Å²) in [6.07, 6.45) is 5.99. The Kier molecular flexibility index (Phi) is 4.90. The van der Waals surface area contributed by atoms with Crippen molar-refractivity contribution in [2.75, 3.05) is 13.1 Å². The standard InChI is InChI=1S/C28H27NO2/c1-20-8-9-25(18-21(20)2)27(30)29-16-14-28(15-17-29)13-12-24-19-23(10-11-26(24)31-28)22-6-4-3-5-7-22/h3-13,18-19H,14-17H2,1-2H3. The minimum absolute atomic E-state index is 0.116. The summed E-state index contributed by atoms with van der Waals surface area (Å²) in [7, 11) is 0. The molecule has 3 heteroatoms. The number of rotatable bonds is 2. The number of nitrogens with zero attached hydrogens (tertiary/aromatic N) is 1. The Morgan fingerprint density at radius 2 is 1.65 bits per heavy atom. The normalized spacial score (nSPS) is 16.6. The predicted octanol–water partition coefficient (Wildman–Crippen LogP) is 6.05. The van der Waals surface area contributed by atoms with Gasteiger partial charge in [-0.05, 0) is 66.4 Å². The minimum atomic E-state index is -0.318. The summed E-state index contributed by atoms with van der Waals surface area (Å²) in [4.78, 5) is 14.9. The number of fused-ring (bicyclic) bond motifs is 1. The number of carbonyl (C=O) groups excluding carboxylic acids is 1. The Hall–Kier alpha value is -3.33. The minimum Gasteiger partial charge on any atom is -0.482 e. The highest BCUT2D eigenvalue weighted by Crippen LogP contribution is 2.39. The van der Waals surface area contributed by atoms with Crippen LogP contribution in [0, 0.1) is 13.8 Å². The molecular weight excluding hydrogens is 382 g/mol. The maximum Gasteiger partial charge on any atom is 0.253 e. The van der Waals surface area contributed by atoms with E-state index in [4.69, 9.17) is 4.74 Å². The lowest BCUT2D eigenvalue weighted by Gasteiger charge is -2.42. The second kappa shape index (κ2) is 7.73. The summed E-state index contributed by atoms with van der Waals surface area (Å²) in [5.41, 5.74) is 6.34. The zero-order valence-corrected chi connectivity index (χ0v) is 18.1. The molecule has 1 saturated heterocycles. The quantitative estimate of drug-likeness (QED) is 0.515. The van der Waals surface area contributed by atoms with E-state index in [2.05, 4.69) is 68.5 Å². The molecule has 2 heterocycles. The first-order valence-corrected chi connectivity index (χ1v) is 11.0. The van der Waals surface area contributed by atoms with Crippen LogP contribution in [0.1, 0.15) is 39.9 Å². The summed E-state index contributed by atoms with van der Waals surface area (Å²) >= 11 is 0. The van der Waals surface area contributed by atoms with Crippen molar-refractivity contribution in [2.45, 2.75) is 32.3 Å². The van der Waals surface area contributed by atoms with Crippen LogP contribution in [0.15, 0.2) is 72.8 Å². The van der Waals surface area contributed by atoms with E-state index < -0.39 is 0 Å². The molecule has 2 aliphatic heterocycles. The van der Waals surface area contributed by atoms with E-state index in [1.165, 1.54) is 16.7 Å². The van der Waals surface area contributed by atoms with E-state index in [9.17, 15) is 4.79 Å². The third-order valence-corrected chi connectivity index (χ3v) is 6.65. The molecule has 2 aliphatic rings. The smallest absolute Gasteiger partial charge is 0.253 e. The molecule has 5 rings (SSSR count). The number of carbonyl (C=O) groups is 1. The van der Waals surface area contributed by atoms with Crippen LogP contribution < -0.4 is 4.74 Å². The van der Waals surface area contributed by atoms with Crippen LogP contribution in [0.4, 0.5) is 0 Å². The molecule has 0 bridgehead atoms. The monoisotopic (exact) mass is 409 g/mol. The fourth-order valence-corrected chi connectivity index (χ4v) is 4.49. The average Bonchev–Trinajstić information content (AvgIpc) is 2.81. The van der Waals surface area contributed by atoms with Crippen LogP contribution in [-0.2, 0) is 0 Å². The summed E-state index contributed by atoms with van der Waals surface area (Å²) < 4.78 is 6.50. The predicted molar refractivity (Wildman–Crippen MR) is 125 cm³/mol. The van der Waals surface area contributed by atoms with E-state index in [0.717, 1.165) is 35.3 Å². The van der Waals surface area contributed by atoms with Crippen LogP contribution in [0.25, 0.3) is 17.2 Å². The van der Waals surface area contributed by atoms with Gasteiger partial charge in [-0.15, -0.1) is 0 Å². The fraction of sp³-hybridized carbons (Fsp3) is 0.250. The zero-order valence-electron chi connectivity index (χ0n) is 18.1. The maximum atomic E-state index is 13.0. The SMILES string of the molecule is Cc1ccc(C(=O)N2CCC3(C=Cc4cc(-c5ccccc5)ccc4O3)CC2)cc1C. The van der Waals surface area contributed by atoms with Crippen molar-refractivity contribution in [3.05, 3.63) is 95.1 Å². The number of aryl methyl sites for hydroxylation is 2. The van der Waals surface area contributed by atoms with Crippen LogP contribution in [0.3, 0.4) is 0 Å². The molecule has 31 heavy (non-hydrogen) atoms. The van der Waals surface area contributed by atoms with Gasteiger partial charge in [0.25, 0.3) is 5.91 Å². The van der Waals surface area contributed by atoms with Gasteiger partial charge in [0.2, 0.25) is 0 Å². The molecular formula is C28H27NO2. The van der Waals surface area contributed by atoms with Crippen molar-refractivity contribution in [3.63, 3.8) is 0 Å². The number of amides is 1. The third-order valence-electron chi connectivity index (χ3n) is 6.65. The Morgan fingerprint density at radius 1 is 0.871 bits per heavy atom. The number of likely N-dealkylation sites (tertiary alicyclic amines) is 1. The molecule has 0 N–H and O–H groups in total. The van der Waals surface area contributed by atoms with E-state index in [1.54, 1.807) is 0 Å². The van der Waals surface area contributed by atoms with Crippen molar-refractivity contribution < 1.29 is 9.53 Å². The van der Waals surface area contributed by atoms with E-state index in [1.807, 2.05) is 29.2 Å². The first-order valence-electron chi connectivity index (χ1n) is 11.0. The van der Waals surface area contributed by atoms with Crippen molar-refractivity contribution >= 4 is 12.0 Å². The largest absolute Gasteiger partial charge is 0.482 e. The van der Waals surface area contributed by atoms with Crippen molar-refractivity contribution in [2.24, 2.45) is 0 Å². The summed E-state index contributed by atoms with van der Waals surface area (Å²) in [5.74, 6) is 1.04. The number of ether oxygens (including phenoxy) is 1. The lowest BCUT2D eigenvalue weighted by Crippen LogP contribution is -2.49. The highest BCUT2D eigenvalue weighted by Gasteiger charge is 2.38. The average molecular weight is 410 g/mol. The van der Waals surface area contributed by atoms with Crippen molar-refractivity contribution in [3.8, 4) is 16.9 Å². The number of piperidine rings is 1. The van der Waals surface area contributed by atoms with Gasteiger partial charge in [-0.25, -0.2) is 0 Å². The van der Waals surface area contributed by atoms with Crippen LogP contribution in [0.5, 0.6) is 5.75 Å². The molecule has 1 amide bonds. The van der Waals surface area contributed by atoms with E-state index in [0.29, 0.717) is 13.1 Å². The van der Waals surface area contributed by atoms with E-state index >= 15 is 0 Å². The molecule has 0 aliphatic carbocycles. The lowest BCUT2D eigenvalue weighted by atomic mass is 9.87. The van der Waals surface area contributed by atoms with Gasteiger partial charge in [-0.2, -0.15) is 0 Å². The Balaban J connectivity index is 1.29. The molecule has 0 atom stereocenters. The summed E-state index contributed by atoms with van der Waals surface area (Å²) in [5, 5.41) is 0. The molecule has 0 unspecified atom stereocenters. The van der Waals surface area contributed by atoms with Gasteiger partial charge in [-0.3, -0.25) is 4.79 Å². The van der Waals surface area contributed by atoms with Crippen LogP contribution in [-0.4, -0.2) is 29.5 Å². The van der Waals surface area contributed by atoms with Crippen molar-refractivity contribution in [1.29, 1.82) is 0 Å². The number of hydrogen-bond acceptors (Lipinski definition) is 2. The van der Waals surface area contributed by atoms with Crippen LogP contribution >= 0.6 is 0 Å². The van der Waals surface area contributed by atoms with E-state index in [-0.39, 0.29) is 11.5 Å². The second-order valence-electron chi connectivity index (χ2n) is 8.71. The van der Waals surface area contributed by atoms with Gasteiger partial charge in [-0.1, -0.05) is 48.5 Å². The summed E-state index contributed by atoms with van der Waals surface area (Å²) in [6.45, 7) is 5.53. The van der Waals surface area contributed by atoms with Gasteiger partial charge in [0.1, 0.15) is 11.4 Å². The Labute approximate surface area is 184 Å². The zero-order chi connectivity index (χ0) is 21.4. The van der Waals surface area contributed by atoms with Gasteiger partial charge in [0, 0.05) is 37.1 Å². The second-order valence-corrected chi connectivity index (χ2v) is 8.71. The Morgan fingerprint density at radius 3 is 2.39 bits per heavy atom. The highest BCUT2D eigenvalue weighted by molar-refractivity contribution is 5.94. The molecule has 1 fully saturated rings. The molecule has 3 aromatic carbocycles. The maximum absolute atomic E-state index is 13.0. The summed E-state index contributed by atoms with van der Waals surface area (Å²) in [6, 6.07) is 22.8. The number of hydrogen-bond donors (Lipinski definition) is 0. The van der Waals surface area contributed by atoms with Gasteiger partial charge in [0.15, 0.2) is 0 Å². The molecule has 1 spiro atoms. The Bertz CT molecular complexity index is 1150. The highest BCUT2D eigenvalue weighted by atomic mass is 16.5. The molecule has 0 radical (unpaired) electrons. The lowest BCUT2D eigenvalue weighted by molar-refractivity contribution is 0.0329. The van der Waals surface area contributed by atoms with Gasteiger partial charge in [0.05, 0.1) is 0 Å². The third kappa shape index (κ3) is 3.76. The molecule has 156 valence electrons. The molecule has 3 nitrogen and oxygen atoms in total. The number of benzene rings is 3. The van der Waals surface area contributed by atoms with Gasteiger partial charge < -0.3 is 9.64 Å². The molecule has 0 aromatic heterocycles. The topological polar surface area (TPSA) is 29.5 Å². The van der Waals surface area contributed by atoms with Gasteiger partial charge >= 0.3 is 0 Å². The first kappa shape index (κ1) is 19.6. The first-order chi connectivity index (χ1) is 15.0. The molecule has 3 aromatic rings. The fourth-order valence-electron chi connectivity index (χ4n) is 4.49. The molecule has 0 saturated carbocycles. The van der Waals surface area contributed by atoms with Crippen LogP contribution in [0.2, 0.25) is 0 Å². The van der Waals surface area contributed by atoms with Crippen molar-refractivity contribution in [1.82, 2.24) is 4.90 Å².